The largest absolute Gasteiger partial charge is 0.324 e. The number of para-hydroxylation sites is 1. The van der Waals surface area contributed by atoms with Crippen molar-refractivity contribution in [3.63, 3.8) is 0 Å². The molecule has 1 amide bonds. The van der Waals surface area contributed by atoms with E-state index in [2.05, 4.69) is 28.1 Å². The van der Waals surface area contributed by atoms with Gasteiger partial charge in [-0.1, -0.05) is 31.2 Å². The quantitative estimate of drug-likeness (QED) is 0.809. The zero-order chi connectivity index (χ0) is 15.4. The van der Waals surface area contributed by atoms with Gasteiger partial charge in [-0.3, -0.25) is 9.78 Å². The van der Waals surface area contributed by atoms with Crippen LogP contribution in [0.15, 0.2) is 48.7 Å². The summed E-state index contributed by atoms with van der Waals surface area (Å²) in [5.74, 6) is -0.0215. The lowest BCUT2D eigenvalue weighted by molar-refractivity contribution is -0.117. The molecule has 0 saturated carbocycles. The summed E-state index contributed by atoms with van der Waals surface area (Å²) in [4.78, 5) is 16.8. The van der Waals surface area contributed by atoms with Gasteiger partial charge in [0.1, 0.15) is 6.04 Å². The summed E-state index contributed by atoms with van der Waals surface area (Å²) in [5, 5.41) is 3.01. The highest BCUT2D eigenvalue weighted by Gasteiger charge is 2.30. The molecule has 1 aromatic carbocycles. The molecule has 5 nitrogen and oxygen atoms in total. The summed E-state index contributed by atoms with van der Waals surface area (Å²) in [6, 6.07) is 13.5. The Labute approximate surface area is 130 Å². The Bertz CT molecular complexity index is 644. The number of carbonyl (C=O) groups is 1. The Kier molecular flexibility index (Phi) is 4.46. The van der Waals surface area contributed by atoms with Crippen molar-refractivity contribution in [2.45, 2.75) is 31.8 Å². The van der Waals surface area contributed by atoms with Gasteiger partial charge < -0.3 is 5.32 Å². The number of hydrogen-bond donors (Lipinski definition) is 3. The standard InChI is InChI=1S/C17H20N4O/c1-2-12-7-3-4-8-13(12)19-17(22)16-11-15(20-21-16)14-9-5-6-10-18-14/h3-10,15-16,20-21H,2,11H2,1H3,(H,19,22). The number of hydrogen-bond acceptors (Lipinski definition) is 4. The van der Waals surface area contributed by atoms with Crippen molar-refractivity contribution in [1.29, 1.82) is 0 Å². The van der Waals surface area contributed by atoms with Crippen LogP contribution in [0.4, 0.5) is 5.69 Å². The van der Waals surface area contributed by atoms with E-state index in [0.29, 0.717) is 6.42 Å². The molecular formula is C17H20N4O. The van der Waals surface area contributed by atoms with Gasteiger partial charge in [-0.2, -0.15) is 0 Å². The van der Waals surface area contributed by atoms with Crippen LogP contribution in [0, 0.1) is 0 Å². The normalized spacial score (nSPS) is 20.8. The van der Waals surface area contributed by atoms with Crippen molar-refractivity contribution in [3.05, 3.63) is 59.9 Å². The average Bonchev–Trinajstić information content (AvgIpc) is 3.06. The molecule has 0 bridgehead atoms. The first-order chi connectivity index (χ1) is 10.8. The number of benzene rings is 1. The predicted octanol–water partition coefficient (Wildman–Crippen LogP) is 2.19. The number of nitrogens with zero attached hydrogens (tertiary/aromatic N) is 1. The van der Waals surface area contributed by atoms with E-state index in [9.17, 15) is 4.79 Å². The van der Waals surface area contributed by atoms with E-state index >= 15 is 0 Å². The highest BCUT2D eigenvalue weighted by molar-refractivity contribution is 5.95. The van der Waals surface area contributed by atoms with E-state index in [1.807, 2.05) is 42.5 Å². The number of nitrogens with one attached hydrogen (secondary N) is 3. The van der Waals surface area contributed by atoms with E-state index in [1.54, 1.807) is 6.20 Å². The summed E-state index contributed by atoms with van der Waals surface area (Å²) in [5.41, 5.74) is 9.18. The van der Waals surface area contributed by atoms with Gasteiger partial charge in [0.05, 0.1) is 11.7 Å². The molecule has 1 aliphatic rings. The van der Waals surface area contributed by atoms with Crippen LogP contribution in [0.5, 0.6) is 0 Å². The summed E-state index contributed by atoms with van der Waals surface area (Å²) in [7, 11) is 0. The lowest BCUT2D eigenvalue weighted by atomic mass is 10.1. The van der Waals surface area contributed by atoms with E-state index in [-0.39, 0.29) is 18.0 Å². The molecule has 0 spiro atoms. The van der Waals surface area contributed by atoms with Gasteiger partial charge in [0.2, 0.25) is 5.91 Å². The van der Waals surface area contributed by atoms with Gasteiger partial charge in [0.15, 0.2) is 0 Å². The van der Waals surface area contributed by atoms with E-state index in [4.69, 9.17) is 0 Å². The van der Waals surface area contributed by atoms with Gasteiger partial charge in [-0.15, -0.1) is 0 Å². The molecule has 1 saturated heterocycles. The summed E-state index contributed by atoms with van der Waals surface area (Å²) < 4.78 is 0. The lowest BCUT2D eigenvalue weighted by Crippen LogP contribution is -2.39. The van der Waals surface area contributed by atoms with Crippen LogP contribution in [0.25, 0.3) is 0 Å². The molecule has 3 rings (SSSR count). The molecule has 2 atom stereocenters. The maximum Gasteiger partial charge on any atom is 0.242 e. The second-order valence-corrected chi connectivity index (χ2v) is 5.38. The molecule has 2 aromatic rings. The Hall–Kier alpha value is -2.24. The minimum atomic E-state index is -0.267. The topological polar surface area (TPSA) is 66.0 Å². The van der Waals surface area contributed by atoms with Crippen LogP contribution in [-0.2, 0) is 11.2 Å². The number of aryl methyl sites for hydroxylation is 1. The molecule has 1 fully saturated rings. The Morgan fingerprint density at radius 1 is 1.23 bits per heavy atom. The molecule has 0 radical (unpaired) electrons. The van der Waals surface area contributed by atoms with Gasteiger partial charge in [-0.05, 0) is 36.6 Å². The molecule has 1 aliphatic heterocycles. The summed E-state index contributed by atoms with van der Waals surface area (Å²) >= 11 is 0. The van der Waals surface area contributed by atoms with Crippen LogP contribution in [0.2, 0.25) is 0 Å². The molecule has 114 valence electrons. The van der Waals surface area contributed by atoms with Crippen molar-refractivity contribution in [2.75, 3.05) is 5.32 Å². The van der Waals surface area contributed by atoms with Crippen LogP contribution >= 0.6 is 0 Å². The maximum absolute atomic E-state index is 12.4. The maximum atomic E-state index is 12.4. The van der Waals surface area contributed by atoms with Crippen molar-refractivity contribution in [2.24, 2.45) is 0 Å². The Morgan fingerprint density at radius 3 is 2.82 bits per heavy atom. The highest BCUT2D eigenvalue weighted by atomic mass is 16.2. The molecule has 0 aliphatic carbocycles. The smallest absolute Gasteiger partial charge is 0.242 e. The van der Waals surface area contributed by atoms with Gasteiger partial charge >= 0.3 is 0 Å². The fourth-order valence-electron chi connectivity index (χ4n) is 2.67. The third-order valence-electron chi connectivity index (χ3n) is 3.92. The first-order valence-electron chi connectivity index (χ1n) is 7.58. The van der Waals surface area contributed by atoms with Crippen molar-refractivity contribution in [1.82, 2.24) is 15.8 Å². The van der Waals surface area contributed by atoms with Gasteiger partial charge in [0.25, 0.3) is 0 Å². The second kappa shape index (κ2) is 6.68. The number of carbonyl (C=O) groups excluding carboxylic acids is 1. The molecule has 3 N–H and O–H groups in total. The number of rotatable bonds is 4. The molecular weight excluding hydrogens is 276 g/mol. The average molecular weight is 296 g/mol. The number of aromatic nitrogens is 1. The van der Waals surface area contributed by atoms with E-state index < -0.39 is 0 Å². The first-order valence-corrected chi connectivity index (χ1v) is 7.58. The third kappa shape index (κ3) is 3.16. The van der Waals surface area contributed by atoms with Crippen molar-refractivity contribution in [3.8, 4) is 0 Å². The summed E-state index contributed by atoms with van der Waals surface area (Å²) in [6.45, 7) is 2.08. The van der Waals surface area contributed by atoms with Crippen LogP contribution < -0.4 is 16.2 Å². The third-order valence-corrected chi connectivity index (χ3v) is 3.92. The zero-order valence-electron chi connectivity index (χ0n) is 12.5. The van der Waals surface area contributed by atoms with Crippen LogP contribution in [-0.4, -0.2) is 16.9 Å². The van der Waals surface area contributed by atoms with Gasteiger partial charge in [0, 0.05) is 11.9 Å². The number of pyridine rings is 1. The lowest BCUT2D eigenvalue weighted by Gasteiger charge is -2.13. The molecule has 2 unspecified atom stereocenters. The number of anilines is 1. The number of amides is 1. The molecule has 5 heteroatoms. The minimum Gasteiger partial charge on any atom is -0.324 e. The van der Waals surface area contributed by atoms with Crippen LogP contribution in [0.1, 0.15) is 30.6 Å². The van der Waals surface area contributed by atoms with Gasteiger partial charge in [-0.25, -0.2) is 10.9 Å². The molecule has 2 heterocycles. The van der Waals surface area contributed by atoms with E-state index in [0.717, 1.165) is 23.4 Å². The predicted molar refractivity (Wildman–Crippen MR) is 86.1 cm³/mol. The highest BCUT2D eigenvalue weighted by Crippen LogP contribution is 2.22. The van der Waals surface area contributed by atoms with Crippen molar-refractivity contribution < 1.29 is 4.79 Å². The molecule has 1 aromatic heterocycles. The minimum absolute atomic E-state index is 0.0215. The molecule has 22 heavy (non-hydrogen) atoms. The van der Waals surface area contributed by atoms with Crippen LogP contribution in [0.3, 0.4) is 0 Å². The fourth-order valence-corrected chi connectivity index (χ4v) is 2.67. The summed E-state index contributed by atoms with van der Waals surface area (Å²) in [6.07, 6.45) is 3.34. The Morgan fingerprint density at radius 2 is 2.05 bits per heavy atom. The van der Waals surface area contributed by atoms with E-state index in [1.165, 1.54) is 0 Å². The SMILES string of the molecule is CCc1ccccc1NC(=O)C1CC(c2ccccn2)NN1. The zero-order valence-corrected chi connectivity index (χ0v) is 12.5. The first kappa shape index (κ1) is 14.7. The monoisotopic (exact) mass is 296 g/mol. The number of hydrazine groups is 1. The second-order valence-electron chi connectivity index (χ2n) is 5.38. The van der Waals surface area contributed by atoms with Crippen molar-refractivity contribution >= 4 is 11.6 Å². The Balaban J connectivity index is 1.64. The fraction of sp³-hybridized carbons (Fsp3) is 0.294.